The number of amides is 3. The normalized spacial score (nSPS) is 19.3. The molecule has 1 atom stereocenters. The topological polar surface area (TPSA) is 91.8 Å². The van der Waals surface area contributed by atoms with Crippen LogP contribution in [-0.2, 0) is 20.9 Å². The highest BCUT2D eigenvalue weighted by molar-refractivity contribution is 5.99. The summed E-state index contributed by atoms with van der Waals surface area (Å²) in [5.41, 5.74) is 1.22. The van der Waals surface area contributed by atoms with Crippen LogP contribution in [0.4, 0.5) is 0 Å². The van der Waals surface area contributed by atoms with Gasteiger partial charge in [0.15, 0.2) is 0 Å². The Bertz CT molecular complexity index is 1060. The van der Waals surface area contributed by atoms with Gasteiger partial charge in [0.2, 0.25) is 11.8 Å². The van der Waals surface area contributed by atoms with Gasteiger partial charge in [0.1, 0.15) is 11.8 Å². The smallest absolute Gasteiger partial charge is 0.257 e. The molecule has 2 aliphatic rings. The van der Waals surface area contributed by atoms with Crippen LogP contribution in [-0.4, -0.2) is 64.0 Å². The van der Waals surface area contributed by atoms with E-state index < -0.39 is 11.8 Å². The number of carbonyl (C=O) groups is 3. The molecule has 1 N–H and O–H groups in total. The summed E-state index contributed by atoms with van der Waals surface area (Å²) in [4.78, 5) is 47.5. The number of ether oxygens (including phenoxy) is 1. The number of pyridine rings is 1. The lowest BCUT2D eigenvalue weighted by Crippen LogP contribution is -2.60. The van der Waals surface area contributed by atoms with Crippen LogP contribution in [0.2, 0.25) is 0 Å². The van der Waals surface area contributed by atoms with Crippen LogP contribution >= 0.6 is 0 Å². The van der Waals surface area contributed by atoms with Crippen molar-refractivity contribution in [3.63, 3.8) is 0 Å². The van der Waals surface area contributed by atoms with Gasteiger partial charge in [0, 0.05) is 44.1 Å². The molecule has 0 radical (unpaired) electrons. The third-order valence-electron chi connectivity index (χ3n) is 6.81. The first kappa shape index (κ1) is 24.9. The molecule has 8 heteroatoms. The van der Waals surface area contributed by atoms with Gasteiger partial charge in [-0.2, -0.15) is 0 Å². The van der Waals surface area contributed by atoms with Gasteiger partial charge in [-0.1, -0.05) is 38.1 Å². The predicted molar refractivity (Wildman–Crippen MR) is 131 cm³/mol. The molecular weight excluding hydrogens is 444 g/mol. The van der Waals surface area contributed by atoms with Crippen molar-refractivity contribution in [2.45, 2.75) is 58.3 Å². The Morgan fingerprint density at radius 2 is 1.83 bits per heavy atom. The molecule has 1 unspecified atom stereocenters. The summed E-state index contributed by atoms with van der Waals surface area (Å²) < 4.78 is 6.26. The van der Waals surface area contributed by atoms with E-state index in [0.717, 1.165) is 11.3 Å². The highest BCUT2D eigenvalue weighted by atomic mass is 16.5. The molecule has 4 rings (SSSR count). The lowest BCUT2D eigenvalue weighted by molar-refractivity contribution is -0.144. The van der Waals surface area contributed by atoms with Crippen LogP contribution in [0.25, 0.3) is 0 Å². The molecule has 1 spiro atoms. The highest BCUT2D eigenvalue weighted by Crippen LogP contribution is 2.39. The minimum absolute atomic E-state index is 0.117. The molecule has 3 heterocycles. The SMILES string of the molecule is Cc1ccccc1C(=O)N1C(C(=O)NCc2ccccn2)COC12CCN(C(=O)CC(C)C)CC2. The van der Waals surface area contributed by atoms with Crippen molar-refractivity contribution >= 4 is 17.7 Å². The summed E-state index contributed by atoms with van der Waals surface area (Å²) in [7, 11) is 0. The number of nitrogens with zero attached hydrogens (tertiary/aromatic N) is 3. The number of hydrogen-bond acceptors (Lipinski definition) is 5. The van der Waals surface area contributed by atoms with E-state index in [4.69, 9.17) is 4.74 Å². The standard InChI is InChI=1S/C27H34N4O4/c1-19(2)16-24(32)30-14-11-27(12-15-30)31(26(34)22-10-5-4-8-20(22)3)23(18-35-27)25(33)29-17-21-9-6-7-13-28-21/h4-10,13,19,23H,11-12,14-18H2,1-3H3,(H,29,33). The van der Waals surface area contributed by atoms with E-state index >= 15 is 0 Å². The Kier molecular flexibility index (Phi) is 7.50. The maximum absolute atomic E-state index is 13.9. The highest BCUT2D eigenvalue weighted by Gasteiger charge is 2.54. The van der Waals surface area contributed by atoms with Gasteiger partial charge < -0.3 is 15.0 Å². The largest absolute Gasteiger partial charge is 0.353 e. The van der Waals surface area contributed by atoms with Crippen LogP contribution in [0.3, 0.4) is 0 Å². The maximum Gasteiger partial charge on any atom is 0.257 e. The fraction of sp³-hybridized carbons (Fsp3) is 0.481. The third kappa shape index (κ3) is 5.37. The van der Waals surface area contributed by atoms with Crippen LogP contribution < -0.4 is 5.32 Å². The van der Waals surface area contributed by atoms with Gasteiger partial charge in [-0.3, -0.25) is 24.3 Å². The average molecular weight is 479 g/mol. The molecule has 2 aromatic rings. The van der Waals surface area contributed by atoms with Crippen molar-refractivity contribution in [3.8, 4) is 0 Å². The first-order chi connectivity index (χ1) is 16.8. The maximum atomic E-state index is 13.9. The second-order valence-electron chi connectivity index (χ2n) is 9.78. The molecule has 0 aliphatic carbocycles. The minimum atomic E-state index is -0.916. The van der Waals surface area contributed by atoms with Crippen LogP contribution in [0, 0.1) is 12.8 Å². The van der Waals surface area contributed by atoms with E-state index in [0.29, 0.717) is 37.9 Å². The lowest BCUT2D eigenvalue weighted by Gasteiger charge is -2.44. The molecule has 35 heavy (non-hydrogen) atoms. The van der Waals surface area contributed by atoms with Gasteiger partial charge in [0.25, 0.3) is 5.91 Å². The minimum Gasteiger partial charge on any atom is -0.353 e. The molecule has 2 saturated heterocycles. The number of nitrogens with one attached hydrogen (secondary N) is 1. The van der Waals surface area contributed by atoms with Gasteiger partial charge in [-0.05, 0) is 36.6 Å². The molecule has 3 amide bonds. The van der Waals surface area contributed by atoms with Crippen molar-refractivity contribution in [1.29, 1.82) is 0 Å². The summed E-state index contributed by atoms with van der Waals surface area (Å²) >= 11 is 0. The third-order valence-corrected chi connectivity index (χ3v) is 6.81. The number of piperidine rings is 1. The number of likely N-dealkylation sites (tertiary alicyclic amines) is 1. The van der Waals surface area contributed by atoms with Crippen molar-refractivity contribution in [2.24, 2.45) is 5.92 Å². The quantitative estimate of drug-likeness (QED) is 0.689. The molecule has 8 nitrogen and oxygen atoms in total. The molecule has 186 valence electrons. The zero-order valence-electron chi connectivity index (χ0n) is 20.7. The fourth-order valence-corrected chi connectivity index (χ4v) is 4.89. The van der Waals surface area contributed by atoms with Gasteiger partial charge in [-0.25, -0.2) is 0 Å². The molecule has 2 fully saturated rings. The number of aromatic nitrogens is 1. The van der Waals surface area contributed by atoms with E-state index in [2.05, 4.69) is 10.3 Å². The summed E-state index contributed by atoms with van der Waals surface area (Å²) in [5, 5.41) is 2.92. The number of benzene rings is 1. The van der Waals surface area contributed by atoms with Gasteiger partial charge >= 0.3 is 0 Å². The number of rotatable bonds is 6. The Morgan fingerprint density at radius 3 is 2.49 bits per heavy atom. The van der Waals surface area contributed by atoms with E-state index in [1.807, 2.05) is 62.1 Å². The van der Waals surface area contributed by atoms with Crippen molar-refractivity contribution in [2.75, 3.05) is 19.7 Å². The summed E-state index contributed by atoms with van der Waals surface area (Å²) in [5.74, 6) is -0.0879. The Morgan fingerprint density at radius 1 is 1.11 bits per heavy atom. The van der Waals surface area contributed by atoms with Crippen molar-refractivity contribution < 1.29 is 19.1 Å². The van der Waals surface area contributed by atoms with E-state index in [9.17, 15) is 14.4 Å². The Labute approximate surface area is 206 Å². The number of carbonyl (C=O) groups excluding carboxylic acids is 3. The Hall–Kier alpha value is -3.26. The van der Waals surface area contributed by atoms with Crippen molar-refractivity contribution in [3.05, 3.63) is 65.5 Å². The lowest BCUT2D eigenvalue weighted by atomic mass is 9.95. The zero-order valence-corrected chi connectivity index (χ0v) is 20.7. The van der Waals surface area contributed by atoms with Crippen LogP contribution in [0.15, 0.2) is 48.7 Å². The number of hydrogen-bond donors (Lipinski definition) is 1. The molecule has 1 aromatic heterocycles. The van der Waals surface area contributed by atoms with Gasteiger partial charge in [0.05, 0.1) is 18.8 Å². The molecular formula is C27H34N4O4. The number of aryl methyl sites for hydroxylation is 1. The second kappa shape index (κ2) is 10.6. The Balaban J connectivity index is 1.56. The molecule has 0 saturated carbocycles. The van der Waals surface area contributed by atoms with Crippen LogP contribution in [0.5, 0.6) is 0 Å². The molecule has 1 aromatic carbocycles. The van der Waals surface area contributed by atoms with Gasteiger partial charge in [-0.15, -0.1) is 0 Å². The molecule has 0 bridgehead atoms. The van der Waals surface area contributed by atoms with E-state index in [-0.39, 0.29) is 36.8 Å². The van der Waals surface area contributed by atoms with E-state index in [1.54, 1.807) is 17.2 Å². The monoisotopic (exact) mass is 478 g/mol. The van der Waals surface area contributed by atoms with Crippen molar-refractivity contribution in [1.82, 2.24) is 20.1 Å². The predicted octanol–water partition coefficient (Wildman–Crippen LogP) is 2.91. The molecule has 2 aliphatic heterocycles. The first-order valence-corrected chi connectivity index (χ1v) is 12.3. The summed E-state index contributed by atoms with van der Waals surface area (Å²) in [6.45, 7) is 7.32. The van der Waals surface area contributed by atoms with Crippen LogP contribution in [0.1, 0.15) is 54.7 Å². The fourth-order valence-electron chi connectivity index (χ4n) is 4.89. The summed E-state index contributed by atoms with van der Waals surface area (Å²) in [6.07, 6.45) is 3.12. The van der Waals surface area contributed by atoms with E-state index in [1.165, 1.54) is 0 Å². The average Bonchev–Trinajstić information content (AvgIpc) is 3.21. The first-order valence-electron chi connectivity index (χ1n) is 12.3. The zero-order chi connectivity index (χ0) is 25.0. The summed E-state index contributed by atoms with van der Waals surface area (Å²) in [6, 6.07) is 12.2. The second-order valence-corrected chi connectivity index (χ2v) is 9.78.